The standard InChI is InChI=1S/C46H47F3N10O6/c1-55-37-16-26(4-9-35(37)59(45(55)64)36-10-11-38(60)53-43(36)63)12-13-56-14-15-65-46(23-56)24-57(25-46)44-51-20-30(21-52-44)28-5-6-29-22-58(54-34(29)17-28)31-7-2-27(3-8-31)19-50-42(62)32-18-33(47)41(61)40(49)39(32)48/h4-6,9,16-18,20-22,27,31,36,61H,2-3,7-8,10-15,19,23-25H2,1H3,(H,50,62)(H,53,60,63)/t27-,31-,36?. The van der Waals surface area contributed by atoms with E-state index in [0.717, 1.165) is 84.8 Å². The van der Waals surface area contributed by atoms with Gasteiger partial charge in [-0.15, -0.1) is 0 Å². The third-order valence-electron chi connectivity index (χ3n) is 13.6. The molecule has 4 fully saturated rings. The van der Waals surface area contributed by atoms with Gasteiger partial charge in [0.15, 0.2) is 17.4 Å². The quantitative estimate of drug-likeness (QED) is 0.130. The normalized spacial score (nSPS) is 21.2. The number of phenols is 1. The molecule has 3 amide bonds. The summed E-state index contributed by atoms with van der Waals surface area (Å²) in [4.78, 5) is 64.0. The van der Waals surface area contributed by atoms with E-state index >= 15 is 0 Å². The summed E-state index contributed by atoms with van der Waals surface area (Å²) in [5.41, 5.74) is 3.78. The zero-order valence-electron chi connectivity index (χ0n) is 35.6. The Labute approximate surface area is 370 Å². The number of rotatable bonds is 10. The molecule has 4 aliphatic rings. The smallest absolute Gasteiger partial charge is 0.329 e. The first-order valence-electron chi connectivity index (χ1n) is 21.9. The minimum atomic E-state index is -1.79. The van der Waals surface area contributed by atoms with E-state index in [1.165, 1.54) is 4.57 Å². The molecule has 0 bridgehead atoms. The number of phenolic OH excluding ortho intramolecular Hbond substituents is 1. The number of carbonyl (C=O) groups excluding carboxylic acids is 3. The molecule has 16 nitrogen and oxygen atoms in total. The molecule has 3 aliphatic heterocycles. The van der Waals surface area contributed by atoms with E-state index in [-0.39, 0.29) is 42.1 Å². The Hall–Kier alpha value is -6.60. The van der Waals surface area contributed by atoms with Crippen LogP contribution >= 0.6 is 0 Å². The number of nitrogens with one attached hydrogen (secondary N) is 2. The van der Waals surface area contributed by atoms with Gasteiger partial charge in [-0.3, -0.25) is 38.4 Å². The van der Waals surface area contributed by atoms with Crippen molar-refractivity contribution in [1.82, 2.24) is 44.4 Å². The average Bonchev–Trinajstić information content (AvgIpc) is 3.84. The van der Waals surface area contributed by atoms with Crippen molar-refractivity contribution in [1.29, 1.82) is 0 Å². The molecule has 1 spiro atoms. The van der Waals surface area contributed by atoms with Gasteiger partial charge in [-0.25, -0.2) is 23.5 Å². The fourth-order valence-corrected chi connectivity index (χ4v) is 9.91. The zero-order chi connectivity index (χ0) is 45.1. The van der Waals surface area contributed by atoms with Crippen LogP contribution in [0.3, 0.4) is 0 Å². The lowest BCUT2D eigenvalue weighted by Crippen LogP contribution is -2.70. The van der Waals surface area contributed by atoms with Crippen LogP contribution in [0.15, 0.2) is 65.8 Å². The number of fused-ring (bicyclic) bond motifs is 2. The van der Waals surface area contributed by atoms with Crippen LogP contribution in [0.5, 0.6) is 5.75 Å². The van der Waals surface area contributed by atoms with Gasteiger partial charge in [0, 0.05) is 69.2 Å². The summed E-state index contributed by atoms with van der Waals surface area (Å²) in [6, 6.07) is 11.9. The van der Waals surface area contributed by atoms with Crippen molar-refractivity contribution in [2.24, 2.45) is 13.0 Å². The second kappa shape index (κ2) is 16.8. The van der Waals surface area contributed by atoms with Crippen molar-refractivity contribution < 1.29 is 37.4 Å². The van der Waals surface area contributed by atoms with Crippen molar-refractivity contribution in [3.63, 3.8) is 0 Å². The number of hydrogen-bond acceptors (Lipinski definition) is 11. The molecular weight excluding hydrogens is 846 g/mol. The van der Waals surface area contributed by atoms with Gasteiger partial charge < -0.3 is 20.1 Å². The molecule has 1 aliphatic carbocycles. The summed E-state index contributed by atoms with van der Waals surface area (Å²) in [7, 11) is 1.71. The fourth-order valence-electron chi connectivity index (χ4n) is 9.91. The second-order valence-electron chi connectivity index (χ2n) is 17.8. The Morgan fingerprint density at radius 3 is 2.49 bits per heavy atom. The Morgan fingerprint density at radius 2 is 1.72 bits per heavy atom. The summed E-state index contributed by atoms with van der Waals surface area (Å²) in [5, 5.41) is 20.1. The Morgan fingerprint density at radius 1 is 0.938 bits per heavy atom. The molecular formula is C46H47F3N10O6. The van der Waals surface area contributed by atoms with Gasteiger partial charge in [0.2, 0.25) is 23.6 Å². The van der Waals surface area contributed by atoms with E-state index < -0.39 is 46.6 Å². The van der Waals surface area contributed by atoms with Crippen molar-refractivity contribution in [2.75, 3.05) is 50.8 Å². The Bertz CT molecular complexity index is 2920. The Kier molecular flexibility index (Phi) is 10.9. The topological polar surface area (TPSA) is 182 Å². The molecule has 19 heteroatoms. The molecule has 3 N–H and O–H groups in total. The molecule has 6 heterocycles. The van der Waals surface area contributed by atoms with Crippen LogP contribution in [0.25, 0.3) is 33.1 Å². The first-order valence-corrected chi connectivity index (χ1v) is 21.9. The lowest BCUT2D eigenvalue weighted by atomic mass is 9.86. The molecule has 3 saturated heterocycles. The summed E-state index contributed by atoms with van der Waals surface area (Å²) in [6.45, 7) is 4.60. The lowest BCUT2D eigenvalue weighted by Gasteiger charge is -2.53. The monoisotopic (exact) mass is 892 g/mol. The first kappa shape index (κ1) is 42.4. The van der Waals surface area contributed by atoms with Crippen LogP contribution in [-0.4, -0.2) is 108 Å². The third kappa shape index (κ3) is 8.00. The summed E-state index contributed by atoms with van der Waals surface area (Å²) in [5.74, 6) is -7.19. The van der Waals surface area contributed by atoms with E-state index in [4.69, 9.17) is 19.8 Å². The predicted molar refractivity (Wildman–Crippen MR) is 232 cm³/mol. The van der Waals surface area contributed by atoms with Crippen LogP contribution in [0.1, 0.15) is 66.5 Å². The van der Waals surface area contributed by atoms with E-state index in [2.05, 4.69) is 20.4 Å². The second-order valence-corrected chi connectivity index (χ2v) is 17.8. The first-order chi connectivity index (χ1) is 31.3. The largest absolute Gasteiger partial charge is 0.503 e. The van der Waals surface area contributed by atoms with E-state index in [0.29, 0.717) is 43.6 Å². The molecule has 10 rings (SSSR count). The molecule has 1 unspecified atom stereocenters. The molecule has 3 aromatic heterocycles. The number of carbonyl (C=O) groups is 3. The molecule has 6 aromatic rings. The SMILES string of the molecule is Cn1c(=O)n(C2CCC(=O)NC2=O)c2ccc(CCN3CCOC4(C3)CN(c3ncc(-c5ccc6cn([C@H]7CC[C@H](CNC(=O)c8cc(F)c(O)c(F)c8F)CC7)nc6c5)cn3)C4)cc21. The predicted octanol–water partition coefficient (Wildman–Crippen LogP) is 4.54. The van der Waals surface area contributed by atoms with E-state index in [1.807, 2.05) is 59.7 Å². The van der Waals surface area contributed by atoms with E-state index in [9.17, 15) is 37.5 Å². The summed E-state index contributed by atoms with van der Waals surface area (Å²) >= 11 is 0. The number of morpholine rings is 1. The van der Waals surface area contributed by atoms with Gasteiger partial charge in [-0.2, -0.15) is 9.49 Å². The van der Waals surface area contributed by atoms with Crippen molar-refractivity contribution in [3.8, 4) is 16.9 Å². The number of hydrogen-bond donors (Lipinski definition) is 3. The summed E-state index contributed by atoms with van der Waals surface area (Å²) < 4.78 is 53.1. The number of nitrogens with zero attached hydrogens (tertiary/aromatic N) is 8. The number of piperidine rings is 1. The van der Waals surface area contributed by atoms with Gasteiger partial charge in [-0.1, -0.05) is 18.2 Å². The molecule has 0 radical (unpaired) electrons. The van der Waals surface area contributed by atoms with Gasteiger partial charge in [-0.05, 0) is 79.8 Å². The number of aromatic hydroxyl groups is 1. The number of ether oxygens (including phenoxy) is 1. The zero-order valence-corrected chi connectivity index (χ0v) is 35.6. The highest BCUT2D eigenvalue weighted by Gasteiger charge is 2.48. The van der Waals surface area contributed by atoms with Crippen LogP contribution in [0, 0.1) is 23.4 Å². The number of aryl methyl sites for hydroxylation is 1. The molecule has 1 saturated carbocycles. The highest BCUT2D eigenvalue weighted by molar-refractivity contribution is 6.00. The van der Waals surface area contributed by atoms with Crippen molar-refractivity contribution in [2.45, 2.75) is 62.6 Å². The van der Waals surface area contributed by atoms with Crippen LogP contribution in [0.2, 0.25) is 0 Å². The average molecular weight is 893 g/mol. The molecule has 1 atom stereocenters. The maximum absolute atomic E-state index is 14.2. The number of amides is 3. The fraction of sp³-hybridized carbons (Fsp3) is 0.413. The van der Waals surface area contributed by atoms with Gasteiger partial charge >= 0.3 is 5.69 Å². The highest BCUT2D eigenvalue weighted by Crippen LogP contribution is 2.35. The van der Waals surface area contributed by atoms with Gasteiger partial charge in [0.1, 0.15) is 11.6 Å². The minimum absolute atomic E-state index is 0.103. The number of benzene rings is 3. The van der Waals surface area contributed by atoms with Crippen LogP contribution in [0.4, 0.5) is 19.1 Å². The maximum Gasteiger partial charge on any atom is 0.329 e. The maximum atomic E-state index is 14.2. The number of anilines is 1. The molecule has 3 aromatic carbocycles. The molecule has 338 valence electrons. The van der Waals surface area contributed by atoms with Crippen molar-refractivity contribution >= 4 is 45.6 Å². The van der Waals surface area contributed by atoms with Crippen LogP contribution < -0.4 is 21.2 Å². The van der Waals surface area contributed by atoms with E-state index in [1.54, 1.807) is 11.6 Å². The van der Waals surface area contributed by atoms with Gasteiger partial charge in [0.25, 0.3) is 5.91 Å². The lowest BCUT2D eigenvalue weighted by molar-refractivity contribution is -0.135. The molecule has 65 heavy (non-hydrogen) atoms. The minimum Gasteiger partial charge on any atom is -0.503 e. The van der Waals surface area contributed by atoms with Crippen LogP contribution in [-0.2, 0) is 27.8 Å². The Balaban J connectivity index is 0.710. The van der Waals surface area contributed by atoms with Crippen molar-refractivity contribution in [3.05, 3.63) is 100 Å². The number of imide groups is 1. The number of halogens is 3. The number of aromatic nitrogens is 6. The summed E-state index contributed by atoms with van der Waals surface area (Å²) in [6.07, 6.45) is 10.1. The number of imidazole rings is 1. The third-order valence-corrected chi connectivity index (χ3v) is 13.6. The van der Waals surface area contributed by atoms with Gasteiger partial charge in [0.05, 0.1) is 47.9 Å². The highest BCUT2D eigenvalue weighted by atomic mass is 19.2.